The van der Waals surface area contributed by atoms with E-state index in [4.69, 9.17) is 4.74 Å². The Morgan fingerprint density at radius 2 is 1.72 bits per heavy atom. The smallest absolute Gasteiger partial charge is 0.307 e. The van der Waals surface area contributed by atoms with Crippen LogP contribution in [0.2, 0.25) is 0 Å². The second-order valence-electron chi connectivity index (χ2n) is 5.54. The zero-order chi connectivity index (χ0) is 18.9. The zero-order valence-corrected chi connectivity index (χ0v) is 15.0. The monoisotopic (exact) mass is 370 g/mol. The highest BCUT2D eigenvalue weighted by molar-refractivity contribution is 7.91. The molecule has 0 spiro atoms. The van der Waals surface area contributed by atoms with Gasteiger partial charge in [-0.2, -0.15) is 0 Å². The quantitative estimate of drug-likeness (QED) is 0.592. The average Bonchev–Trinajstić information content (AvgIpc) is 2.56. The van der Waals surface area contributed by atoms with Gasteiger partial charge in [-0.25, -0.2) is 8.42 Å². The van der Waals surface area contributed by atoms with Crippen LogP contribution in [0, 0.1) is 0 Å². The molecule has 0 saturated carbocycles. The molecule has 0 heterocycles. The Hall–Kier alpha value is -2.42. The van der Waals surface area contributed by atoms with Crippen molar-refractivity contribution >= 4 is 27.6 Å². The van der Waals surface area contributed by atoms with E-state index in [1.54, 1.807) is 32.0 Å². The molecular formula is C16H22N2O6S. The number of hydrogen-bond donors (Lipinski definition) is 2. The third kappa shape index (κ3) is 8.30. The normalized spacial score (nSPS) is 11.0. The lowest BCUT2D eigenvalue weighted by Crippen LogP contribution is -2.41. The van der Waals surface area contributed by atoms with Gasteiger partial charge in [-0.15, -0.1) is 0 Å². The molecule has 138 valence electrons. The number of amides is 2. The summed E-state index contributed by atoms with van der Waals surface area (Å²) >= 11 is 0. The molecular weight excluding hydrogens is 348 g/mol. The van der Waals surface area contributed by atoms with Crippen LogP contribution in [0.25, 0.3) is 0 Å². The largest absolute Gasteiger partial charge is 0.456 e. The van der Waals surface area contributed by atoms with Crippen LogP contribution in [-0.4, -0.2) is 51.1 Å². The maximum atomic E-state index is 12.0. The summed E-state index contributed by atoms with van der Waals surface area (Å²) in [6.07, 6.45) is -0.363. The third-order valence-corrected chi connectivity index (χ3v) is 4.67. The lowest BCUT2D eigenvalue weighted by Gasteiger charge is -2.09. The van der Waals surface area contributed by atoms with E-state index in [2.05, 4.69) is 10.6 Å². The number of ether oxygens (including phenoxy) is 1. The van der Waals surface area contributed by atoms with Crippen LogP contribution in [-0.2, 0) is 29.0 Å². The summed E-state index contributed by atoms with van der Waals surface area (Å²) in [5, 5.41) is 4.88. The SMILES string of the molecule is CC(C)NC(=O)CNC(=O)COC(=O)CCS(=O)(=O)c1ccccc1. The summed E-state index contributed by atoms with van der Waals surface area (Å²) in [5.74, 6) is -2.21. The lowest BCUT2D eigenvalue weighted by atomic mass is 10.4. The van der Waals surface area contributed by atoms with Crippen molar-refractivity contribution in [3.8, 4) is 0 Å². The fraction of sp³-hybridized carbons (Fsp3) is 0.438. The maximum Gasteiger partial charge on any atom is 0.307 e. The number of hydrogen-bond acceptors (Lipinski definition) is 6. The highest BCUT2D eigenvalue weighted by Gasteiger charge is 2.17. The van der Waals surface area contributed by atoms with Crippen LogP contribution in [0.5, 0.6) is 0 Å². The fourth-order valence-electron chi connectivity index (χ4n) is 1.78. The number of nitrogens with one attached hydrogen (secondary N) is 2. The third-order valence-electron chi connectivity index (χ3n) is 2.94. The minimum absolute atomic E-state index is 0.0474. The number of rotatable bonds is 9. The summed E-state index contributed by atoms with van der Waals surface area (Å²) in [4.78, 5) is 34.5. The first-order valence-corrected chi connectivity index (χ1v) is 9.35. The van der Waals surface area contributed by atoms with Crippen molar-refractivity contribution < 1.29 is 27.5 Å². The Labute approximate surface area is 146 Å². The molecule has 2 N–H and O–H groups in total. The maximum absolute atomic E-state index is 12.0. The molecule has 0 saturated heterocycles. The second kappa shape index (κ2) is 9.77. The molecule has 0 bridgehead atoms. The Balaban J connectivity index is 2.31. The molecule has 0 aliphatic carbocycles. The van der Waals surface area contributed by atoms with Crippen molar-refractivity contribution in [2.24, 2.45) is 0 Å². The summed E-state index contributed by atoms with van der Waals surface area (Å²) in [7, 11) is -3.58. The van der Waals surface area contributed by atoms with Gasteiger partial charge in [0, 0.05) is 6.04 Å². The Morgan fingerprint density at radius 1 is 1.08 bits per heavy atom. The summed E-state index contributed by atoms with van der Waals surface area (Å²) in [6.45, 7) is 2.77. The molecule has 2 amide bonds. The van der Waals surface area contributed by atoms with Crippen molar-refractivity contribution in [1.82, 2.24) is 10.6 Å². The van der Waals surface area contributed by atoms with Gasteiger partial charge in [0.2, 0.25) is 5.91 Å². The molecule has 0 aliphatic heterocycles. The van der Waals surface area contributed by atoms with E-state index in [0.717, 1.165) is 0 Å². The molecule has 0 unspecified atom stereocenters. The molecule has 0 aliphatic rings. The predicted molar refractivity (Wildman–Crippen MR) is 90.4 cm³/mol. The molecule has 9 heteroatoms. The molecule has 0 radical (unpaired) electrons. The van der Waals surface area contributed by atoms with Crippen molar-refractivity contribution in [1.29, 1.82) is 0 Å². The lowest BCUT2D eigenvalue weighted by molar-refractivity contribution is -0.148. The number of carbonyl (C=O) groups excluding carboxylic acids is 3. The van der Waals surface area contributed by atoms with E-state index in [0.29, 0.717) is 0 Å². The predicted octanol–water partition coefficient (Wildman–Crippen LogP) is 0.0344. The first-order chi connectivity index (χ1) is 11.7. The van der Waals surface area contributed by atoms with Gasteiger partial charge in [0.1, 0.15) is 0 Å². The topological polar surface area (TPSA) is 119 Å². The van der Waals surface area contributed by atoms with Gasteiger partial charge >= 0.3 is 5.97 Å². The highest BCUT2D eigenvalue weighted by atomic mass is 32.2. The first kappa shape index (κ1) is 20.6. The summed E-state index contributed by atoms with van der Waals surface area (Å²) in [5.41, 5.74) is 0. The molecule has 0 atom stereocenters. The standard InChI is InChI=1S/C16H22N2O6S/c1-12(2)18-14(19)10-17-15(20)11-24-16(21)8-9-25(22,23)13-6-4-3-5-7-13/h3-7,12H,8-11H2,1-2H3,(H,17,20)(H,18,19). The molecule has 1 aromatic rings. The average molecular weight is 370 g/mol. The van der Waals surface area contributed by atoms with E-state index in [1.165, 1.54) is 12.1 Å². The zero-order valence-electron chi connectivity index (χ0n) is 14.2. The van der Waals surface area contributed by atoms with E-state index in [1.807, 2.05) is 0 Å². The van der Waals surface area contributed by atoms with Crippen LogP contribution in [0.1, 0.15) is 20.3 Å². The molecule has 1 aromatic carbocycles. The van der Waals surface area contributed by atoms with Gasteiger partial charge in [-0.1, -0.05) is 18.2 Å². The van der Waals surface area contributed by atoms with Crippen LogP contribution in [0.4, 0.5) is 0 Å². The first-order valence-electron chi connectivity index (χ1n) is 7.70. The molecule has 0 fully saturated rings. The molecule has 1 rings (SSSR count). The number of sulfone groups is 1. The van der Waals surface area contributed by atoms with Gasteiger partial charge in [0.05, 0.1) is 23.6 Å². The number of carbonyl (C=O) groups is 3. The van der Waals surface area contributed by atoms with Crippen LogP contribution < -0.4 is 10.6 Å². The second-order valence-corrected chi connectivity index (χ2v) is 7.65. The van der Waals surface area contributed by atoms with Gasteiger partial charge in [-0.3, -0.25) is 14.4 Å². The Kier molecular flexibility index (Phi) is 8.06. The Bertz CT molecular complexity index is 701. The fourth-order valence-corrected chi connectivity index (χ4v) is 3.03. The molecule has 0 aromatic heterocycles. The van der Waals surface area contributed by atoms with Gasteiger partial charge in [-0.05, 0) is 26.0 Å². The molecule has 25 heavy (non-hydrogen) atoms. The number of esters is 1. The number of benzene rings is 1. The van der Waals surface area contributed by atoms with Crippen LogP contribution in [0.3, 0.4) is 0 Å². The summed E-state index contributed by atoms with van der Waals surface area (Å²) < 4.78 is 28.7. The van der Waals surface area contributed by atoms with E-state index < -0.39 is 34.1 Å². The van der Waals surface area contributed by atoms with Crippen molar-refractivity contribution in [3.05, 3.63) is 30.3 Å². The van der Waals surface area contributed by atoms with Crippen molar-refractivity contribution in [2.75, 3.05) is 18.9 Å². The van der Waals surface area contributed by atoms with Gasteiger partial charge in [0.15, 0.2) is 16.4 Å². The van der Waals surface area contributed by atoms with Gasteiger partial charge in [0.25, 0.3) is 5.91 Å². The minimum Gasteiger partial charge on any atom is -0.456 e. The van der Waals surface area contributed by atoms with Crippen LogP contribution >= 0.6 is 0 Å². The highest BCUT2D eigenvalue weighted by Crippen LogP contribution is 2.11. The van der Waals surface area contributed by atoms with E-state index in [-0.39, 0.29) is 29.8 Å². The van der Waals surface area contributed by atoms with E-state index in [9.17, 15) is 22.8 Å². The summed E-state index contributed by atoms with van der Waals surface area (Å²) in [6, 6.07) is 7.70. The molecule has 8 nitrogen and oxygen atoms in total. The Morgan fingerprint density at radius 3 is 2.32 bits per heavy atom. The van der Waals surface area contributed by atoms with Crippen molar-refractivity contribution in [2.45, 2.75) is 31.2 Å². The van der Waals surface area contributed by atoms with Crippen molar-refractivity contribution in [3.63, 3.8) is 0 Å². The van der Waals surface area contributed by atoms with E-state index >= 15 is 0 Å². The van der Waals surface area contributed by atoms with Crippen LogP contribution in [0.15, 0.2) is 35.2 Å². The minimum atomic E-state index is -3.58. The van der Waals surface area contributed by atoms with Gasteiger partial charge < -0.3 is 15.4 Å².